The molecule has 7 heteroatoms. The van der Waals surface area contributed by atoms with E-state index in [1.165, 1.54) is 4.31 Å². The van der Waals surface area contributed by atoms with Crippen molar-refractivity contribution in [2.45, 2.75) is 62.4 Å². The van der Waals surface area contributed by atoms with Crippen LogP contribution in [0, 0.1) is 6.92 Å². The molecule has 1 unspecified atom stereocenters. The summed E-state index contributed by atoms with van der Waals surface area (Å²) in [6.07, 6.45) is 4.17. The van der Waals surface area contributed by atoms with Gasteiger partial charge in [-0.15, -0.1) is 0 Å². The van der Waals surface area contributed by atoms with Crippen molar-refractivity contribution >= 4 is 27.5 Å². The number of imide groups is 1. The molecule has 158 valence electrons. The monoisotopic (exact) mass is 426 g/mol. The molecule has 1 atom stereocenters. The first-order chi connectivity index (χ1) is 14.4. The highest BCUT2D eigenvalue weighted by molar-refractivity contribution is 7.89. The van der Waals surface area contributed by atoms with Gasteiger partial charge in [-0.2, -0.15) is 4.31 Å². The van der Waals surface area contributed by atoms with E-state index < -0.39 is 22.0 Å². The Morgan fingerprint density at radius 3 is 2.17 bits per heavy atom. The van der Waals surface area contributed by atoms with Crippen molar-refractivity contribution < 1.29 is 18.0 Å². The molecule has 1 saturated carbocycles. The maximum absolute atomic E-state index is 13.7. The third-order valence-corrected chi connectivity index (χ3v) is 7.95. The van der Waals surface area contributed by atoms with Crippen molar-refractivity contribution in [2.24, 2.45) is 0 Å². The summed E-state index contributed by atoms with van der Waals surface area (Å²) in [5.74, 6) is -0.830. The summed E-state index contributed by atoms with van der Waals surface area (Å²) < 4.78 is 28.7. The first kappa shape index (κ1) is 20.8. The van der Waals surface area contributed by atoms with Crippen molar-refractivity contribution in [3.8, 4) is 0 Å². The molecule has 2 fully saturated rings. The second kappa shape index (κ2) is 8.32. The van der Waals surface area contributed by atoms with E-state index in [1.807, 2.05) is 13.0 Å². The van der Waals surface area contributed by atoms with E-state index in [9.17, 15) is 18.0 Å². The fourth-order valence-electron chi connectivity index (χ4n) is 4.45. The van der Waals surface area contributed by atoms with E-state index in [0.717, 1.165) is 29.7 Å². The lowest BCUT2D eigenvalue weighted by molar-refractivity contribution is -0.122. The van der Waals surface area contributed by atoms with E-state index in [2.05, 4.69) is 0 Å². The number of para-hydroxylation sites is 1. The summed E-state index contributed by atoms with van der Waals surface area (Å²) in [5.41, 5.74) is 1.44. The molecule has 2 aliphatic rings. The number of carbonyl (C=O) groups is 2. The molecule has 0 bridgehead atoms. The van der Waals surface area contributed by atoms with Crippen molar-refractivity contribution in [3.63, 3.8) is 0 Å². The number of amides is 2. The summed E-state index contributed by atoms with van der Waals surface area (Å²) in [6.45, 7) is 1.90. The van der Waals surface area contributed by atoms with Gasteiger partial charge in [0.25, 0.3) is 5.91 Å². The summed E-state index contributed by atoms with van der Waals surface area (Å²) in [7, 11) is -3.93. The molecule has 2 amide bonds. The van der Waals surface area contributed by atoms with Gasteiger partial charge in [0.15, 0.2) is 0 Å². The summed E-state index contributed by atoms with van der Waals surface area (Å²) in [5, 5.41) is 0. The van der Waals surface area contributed by atoms with Gasteiger partial charge in [0.1, 0.15) is 6.04 Å². The zero-order valence-electron chi connectivity index (χ0n) is 17.0. The van der Waals surface area contributed by atoms with Crippen LogP contribution >= 0.6 is 0 Å². The maximum Gasteiger partial charge on any atom is 0.252 e. The first-order valence-electron chi connectivity index (χ1n) is 10.4. The minimum absolute atomic E-state index is 0.130. The van der Waals surface area contributed by atoms with Crippen molar-refractivity contribution in [1.29, 1.82) is 0 Å². The highest BCUT2D eigenvalue weighted by Crippen LogP contribution is 2.35. The molecular formula is C23H26N2O4S. The minimum Gasteiger partial charge on any atom is -0.274 e. The van der Waals surface area contributed by atoms with Crippen LogP contribution in [0.5, 0.6) is 0 Å². The smallest absolute Gasteiger partial charge is 0.252 e. The number of rotatable bonds is 5. The fraction of sp³-hybridized carbons (Fsp3) is 0.391. The Hall–Kier alpha value is -2.51. The van der Waals surface area contributed by atoms with Gasteiger partial charge in [-0.25, -0.2) is 13.3 Å². The van der Waals surface area contributed by atoms with Gasteiger partial charge >= 0.3 is 0 Å². The molecule has 1 heterocycles. The molecule has 1 saturated heterocycles. The molecular weight excluding hydrogens is 400 g/mol. The molecule has 0 radical (unpaired) electrons. The van der Waals surface area contributed by atoms with E-state index in [-0.39, 0.29) is 23.3 Å². The van der Waals surface area contributed by atoms with Gasteiger partial charge in [-0.05, 0) is 44.0 Å². The Morgan fingerprint density at radius 2 is 1.53 bits per heavy atom. The van der Waals surface area contributed by atoms with Crippen LogP contribution in [0.1, 0.15) is 44.1 Å². The number of nitrogens with zero attached hydrogens (tertiary/aromatic N) is 2. The topological polar surface area (TPSA) is 74.8 Å². The minimum atomic E-state index is -3.93. The zero-order valence-corrected chi connectivity index (χ0v) is 17.8. The van der Waals surface area contributed by atoms with E-state index in [1.54, 1.807) is 48.5 Å². The molecule has 2 aromatic carbocycles. The van der Waals surface area contributed by atoms with E-state index in [4.69, 9.17) is 0 Å². The number of sulfonamides is 1. The van der Waals surface area contributed by atoms with Crippen LogP contribution in [-0.4, -0.2) is 36.6 Å². The summed E-state index contributed by atoms with van der Waals surface area (Å²) >= 11 is 0. The Morgan fingerprint density at radius 1 is 0.900 bits per heavy atom. The van der Waals surface area contributed by atoms with Crippen LogP contribution in [0.2, 0.25) is 0 Å². The molecule has 0 N–H and O–H groups in total. The van der Waals surface area contributed by atoms with Gasteiger partial charge in [-0.3, -0.25) is 9.59 Å². The average Bonchev–Trinajstić information content (AvgIpc) is 3.03. The van der Waals surface area contributed by atoms with E-state index >= 15 is 0 Å². The van der Waals surface area contributed by atoms with Gasteiger partial charge in [-0.1, -0.05) is 55.2 Å². The Bertz CT molecular complexity index is 1030. The molecule has 1 aliphatic carbocycles. The van der Waals surface area contributed by atoms with Gasteiger partial charge in [0, 0.05) is 6.04 Å². The largest absolute Gasteiger partial charge is 0.274 e. The number of anilines is 1. The Balaban J connectivity index is 1.74. The normalized spacial score (nSPS) is 20.9. The lowest BCUT2D eigenvalue weighted by Gasteiger charge is -2.36. The van der Waals surface area contributed by atoms with Gasteiger partial charge in [0.2, 0.25) is 15.9 Å². The second-order valence-corrected chi connectivity index (χ2v) is 9.91. The first-order valence-corrected chi connectivity index (χ1v) is 11.9. The third-order valence-electron chi connectivity index (χ3n) is 5.98. The summed E-state index contributed by atoms with van der Waals surface area (Å²) in [6, 6.07) is 14.1. The Labute approximate surface area is 177 Å². The third kappa shape index (κ3) is 3.79. The van der Waals surface area contributed by atoms with Gasteiger partial charge < -0.3 is 0 Å². The molecule has 4 rings (SSSR count). The highest BCUT2D eigenvalue weighted by atomic mass is 32.2. The van der Waals surface area contributed by atoms with Crippen LogP contribution in [0.4, 0.5) is 5.69 Å². The van der Waals surface area contributed by atoms with Crippen LogP contribution in [0.25, 0.3) is 0 Å². The molecule has 30 heavy (non-hydrogen) atoms. The summed E-state index contributed by atoms with van der Waals surface area (Å²) in [4.78, 5) is 27.4. The van der Waals surface area contributed by atoms with E-state index in [0.29, 0.717) is 18.5 Å². The standard InChI is InChI=1S/C23H26N2O4S/c1-17-12-14-20(15-13-17)30(28,29)25(19-10-6-3-7-11-19)21-16-22(26)24(23(21)27)18-8-4-2-5-9-18/h2,4-5,8-9,12-15,19,21H,3,6-7,10-11,16H2,1H3. The number of hydrogen-bond donors (Lipinski definition) is 0. The van der Waals surface area contributed by atoms with Crippen LogP contribution < -0.4 is 4.90 Å². The van der Waals surface area contributed by atoms with Crippen LogP contribution in [0.15, 0.2) is 59.5 Å². The van der Waals surface area contributed by atoms with Gasteiger partial charge in [0.05, 0.1) is 17.0 Å². The predicted molar refractivity (Wildman–Crippen MR) is 114 cm³/mol. The number of hydrogen-bond acceptors (Lipinski definition) is 4. The molecule has 0 aromatic heterocycles. The molecule has 1 aliphatic heterocycles. The van der Waals surface area contributed by atoms with Crippen molar-refractivity contribution in [2.75, 3.05) is 4.90 Å². The molecule has 0 spiro atoms. The molecule has 6 nitrogen and oxygen atoms in total. The second-order valence-electron chi connectivity index (χ2n) is 8.06. The Kier molecular flexibility index (Phi) is 5.75. The number of aryl methyl sites for hydroxylation is 1. The van der Waals surface area contributed by atoms with Crippen LogP contribution in [0.3, 0.4) is 0 Å². The SMILES string of the molecule is Cc1ccc(S(=O)(=O)N(C2CCCCC2)C2CC(=O)N(c3ccccc3)C2=O)cc1. The fourth-order valence-corrected chi connectivity index (χ4v) is 6.28. The zero-order chi connectivity index (χ0) is 21.3. The maximum atomic E-state index is 13.7. The lowest BCUT2D eigenvalue weighted by atomic mass is 9.94. The average molecular weight is 427 g/mol. The number of carbonyl (C=O) groups excluding carboxylic acids is 2. The number of benzene rings is 2. The quantitative estimate of drug-likeness (QED) is 0.684. The lowest BCUT2D eigenvalue weighted by Crippen LogP contribution is -2.51. The predicted octanol–water partition coefficient (Wildman–Crippen LogP) is 3.65. The van der Waals surface area contributed by atoms with Crippen molar-refractivity contribution in [1.82, 2.24) is 4.31 Å². The van der Waals surface area contributed by atoms with Crippen LogP contribution in [-0.2, 0) is 19.6 Å². The highest BCUT2D eigenvalue weighted by Gasteiger charge is 2.49. The molecule has 2 aromatic rings. The van der Waals surface area contributed by atoms with Crippen molar-refractivity contribution in [3.05, 3.63) is 60.2 Å².